The Morgan fingerprint density at radius 3 is 2.48 bits per heavy atom. The molecule has 3 rings (SSSR count). The molecule has 3 aromatic rings. The van der Waals surface area contributed by atoms with E-state index in [1.165, 1.54) is 0 Å². The van der Waals surface area contributed by atoms with Crippen molar-refractivity contribution in [1.82, 2.24) is 0 Å². The largest absolute Gasteiger partial charge is 0.493 e. The predicted octanol–water partition coefficient (Wildman–Crippen LogP) is 7.52. The molecule has 0 saturated carbocycles. The summed E-state index contributed by atoms with van der Waals surface area (Å²) in [5.41, 5.74) is 3.09. The highest BCUT2D eigenvalue weighted by molar-refractivity contribution is 9.10. The van der Waals surface area contributed by atoms with Gasteiger partial charge >= 0.3 is 0 Å². The molecule has 0 N–H and O–H groups in total. The van der Waals surface area contributed by atoms with Crippen LogP contribution in [-0.4, -0.2) is 7.11 Å². The monoisotopic (exact) mass is 531 g/mol. The van der Waals surface area contributed by atoms with Gasteiger partial charge in [0.15, 0.2) is 11.5 Å². The molecule has 0 aliphatic rings. The second-order valence-electron chi connectivity index (χ2n) is 6.09. The third kappa shape index (κ3) is 5.42. The van der Waals surface area contributed by atoms with Gasteiger partial charge in [-0.25, -0.2) is 0 Å². The van der Waals surface area contributed by atoms with Gasteiger partial charge in [-0.1, -0.05) is 57.9 Å². The minimum atomic E-state index is 0.312. The molecule has 0 bridgehead atoms. The Hall–Kier alpha value is -2.26. The molecule has 0 atom stereocenters. The maximum Gasteiger partial charge on any atom is 0.175 e. The number of hydrogen-bond acceptors (Lipinski definition) is 3. The van der Waals surface area contributed by atoms with Crippen molar-refractivity contribution in [1.29, 1.82) is 5.26 Å². The summed E-state index contributed by atoms with van der Waals surface area (Å²) in [5, 5.41) is 10.2. The van der Waals surface area contributed by atoms with Gasteiger partial charge in [0, 0.05) is 15.1 Å². The van der Waals surface area contributed by atoms with E-state index < -0.39 is 0 Å². The summed E-state index contributed by atoms with van der Waals surface area (Å²) in [6.45, 7) is 0.312. The van der Waals surface area contributed by atoms with Gasteiger partial charge in [-0.2, -0.15) is 5.26 Å². The summed E-state index contributed by atoms with van der Waals surface area (Å²) in [6.07, 6.45) is 1.81. The number of halogens is 3. The van der Waals surface area contributed by atoms with Crippen molar-refractivity contribution < 1.29 is 9.47 Å². The van der Waals surface area contributed by atoms with Gasteiger partial charge in [-0.3, -0.25) is 0 Å². The Kier molecular flexibility index (Phi) is 7.38. The van der Waals surface area contributed by atoms with Gasteiger partial charge in [-0.15, -0.1) is 0 Å². The van der Waals surface area contributed by atoms with Gasteiger partial charge < -0.3 is 9.47 Å². The number of nitrogens with zero attached hydrogens (tertiary/aromatic N) is 1. The molecule has 0 unspecified atom stereocenters. The summed E-state index contributed by atoms with van der Waals surface area (Å²) in [6, 6.07) is 21.1. The fraction of sp³-hybridized carbons (Fsp3) is 0.0870. The Labute approximate surface area is 191 Å². The first-order chi connectivity index (χ1) is 14.0. The molecule has 3 aromatic carbocycles. The molecule has 0 aromatic heterocycles. The smallest absolute Gasteiger partial charge is 0.175 e. The molecule has 0 fully saturated rings. The average molecular weight is 534 g/mol. The standard InChI is InChI=1S/C23H16Br2ClNO2/c1-28-22-12-15(10-18(13-27)16-6-8-19(24)9-7-16)11-20(25)23(22)29-14-17-4-2-3-5-21(17)26/h2-12H,14H2,1H3/b18-10-. The van der Waals surface area contributed by atoms with Crippen LogP contribution in [0.2, 0.25) is 5.02 Å². The topological polar surface area (TPSA) is 42.2 Å². The summed E-state index contributed by atoms with van der Waals surface area (Å²) in [4.78, 5) is 0. The Balaban J connectivity index is 1.90. The van der Waals surface area contributed by atoms with Crippen LogP contribution in [-0.2, 0) is 6.61 Å². The molecule has 0 aliphatic carbocycles. The summed E-state index contributed by atoms with van der Waals surface area (Å²) in [7, 11) is 1.58. The van der Waals surface area contributed by atoms with E-state index >= 15 is 0 Å². The SMILES string of the molecule is COc1cc(/C=C(/C#N)c2ccc(Br)cc2)cc(Br)c1OCc1ccccc1Cl. The number of methoxy groups -OCH3 is 1. The van der Waals surface area contributed by atoms with Crippen molar-refractivity contribution >= 4 is 55.1 Å². The Morgan fingerprint density at radius 1 is 1.10 bits per heavy atom. The molecular weight excluding hydrogens is 518 g/mol. The first-order valence-corrected chi connectivity index (χ1v) is 10.6. The third-order valence-electron chi connectivity index (χ3n) is 4.17. The molecule has 29 heavy (non-hydrogen) atoms. The highest BCUT2D eigenvalue weighted by atomic mass is 79.9. The molecule has 3 nitrogen and oxygen atoms in total. The van der Waals surface area contributed by atoms with Crippen LogP contribution in [0.4, 0.5) is 0 Å². The summed E-state index contributed by atoms with van der Waals surface area (Å²) in [5.74, 6) is 1.14. The van der Waals surface area contributed by atoms with Crippen LogP contribution in [0.1, 0.15) is 16.7 Å². The maximum atomic E-state index is 9.59. The van der Waals surface area contributed by atoms with Crippen molar-refractivity contribution in [3.05, 3.63) is 91.3 Å². The zero-order valence-corrected chi connectivity index (χ0v) is 19.4. The van der Waals surface area contributed by atoms with Crippen molar-refractivity contribution in [3.63, 3.8) is 0 Å². The second kappa shape index (κ2) is 9.98. The van der Waals surface area contributed by atoms with E-state index in [9.17, 15) is 5.26 Å². The van der Waals surface area contributed by atoms with Gasteiger partial charge in [0.25, 0.3) is 0 Å². The molecule has 0 heterocycles. The van der Waals surface area contributed by atoms with Crippen LogP contribution in [0.25, 0.3) is 11.6 Å². The zero-order valence-electron chi connectivity index (χ0n) is 15.5. The first kappa shape index (κ1) is 21.4. The summed E-state index contributed by atoms with van der Waals surface area (Å²) >= 11 is 13.2. The lowest BCUT2D eigenvalue weighted by molar-refractivity contribution is 0.282. The molecule has 0 saturated heterocycles. The zero-order chi connectivity index (χ0) is 20.8. The van der Waals surface area contributed by atoms with E-state index in [4.69, 9.17) is 21.1 Å². The highest BCUT2D eigenvalue weighted by Crippen LogP contribution is 2.38. The number of benzene rings is 3. The van der Waals surface area contributed by atoms with Crippen LogP contribution < -0.4 is 9.47 Å². The Morgan fingerprint density at radius 2 is 1.83 bits per heavy atom. The lowest BCUT2D eigenvalue weighted by atomic mass is 10.0. The average Bonchev–Trinajstić information content (AvgIpc) is 2.72. The number of allylic oxidation sites excluding steroid dienone is 1. The molecule has 0 spiro atoms. The highest BCUT2D eigenvalue weighted by Gasteiger charge is 2.13. The third-order valence-corrected chi connectivity index (χ3v) is 5.65. The molecular formula is C23H16Br2ClNO2. The summed E-state index contributed by atoms with van der Waals surface area (Å²) < 4.78 is 13.2. The quantitative estimate of drug-likeness (QED) is 0.243. The first-order valence-electron chi connectivity index (χ1n) is 8.63. The van der Waals surface area contributed by atoms with E-state index in [2.05, 4.69) is 37.9 Å². The van der Waals surface area contributed by atoms with Crippen LogP contribution in [0.15, 0.2) is 69.6 Å². The van der Waals surface area contributed by atoms with Crippen LogP contribution in [0.5, 0.6) is 11.5 Å². The lowest BCUT2D eigenvalue weighted by Gasteiger charge is -2.14. The molecule has 146 valence electrons. The van der Waals surface area contributed by atoms with E-state index in [0.29, 0.717) is 28.7 Å². The lowest BCUT2D eigenvalue weighted by Crippen LogP contribution is -1.99. The van der Waals surface area contributed by atoms with Gasteiger partial charge in [0.1, 0.15) is 6.61 Å². The van der Waals surface area contributed by atoms with E-state index in [1.807, 2.05) is 66.7 Å². The fourth-order valence-electron chi connectivity index (χ4n) is 2.70. The van der Waals surface area contributed by atoms with Gasteiger partial charge in [0.05, 0.1) is 23.2 Å². The van der Waals surface area contributed by atoms with Crippen LogP contribution in [0.3, 0.4) is 0 Å². The van der Waals surface area contributed by atoms with Gasteiger partial charge in [0.2, 0.25) is 0 Å². The van der Waals surface area contributed by atoms with Crippen molar-refractivity contribution in [2.45, 2.75) is 6.61 Å². The van der Waals surface area contributed by atoms with E-state index in [0.717, 1.165) is 25.6 Å². The van der Waals surface area contributed by atoms with Crippen LogP contribution >= 0.6 is 43.5 Å². The number of nitriles is 1. The maximum absolute atomic E-state index is 9.59. The van der Waals surface area contributed by atoms with Gasteiger partial charge in [-0.05, 0) is 63.5 Å². The molecule has 6 heteroatoms. The van der Waals surface area contributed by atoms with Crippen molar-refractivity contribution in [2.24, 2.45) is 0 Å². The predicted molar refractivity (Wildman–Crippen MR) is 124 cm³/mol. The molecule has 0 amide bonds. The van der Waals surface area contributed by atoms with E-state index in [1.54, 1.807) is 7.11 Å². The Bertz CT molecular complexity index is 1090. The minimum absolute atomic E-state index is 0.312. The fourth-order valence-corrected chi connectivity index (χ4v) is 3.73. The normalized spacial score (nSPS) is 11.1. The van der Waals surface area contributed by atoms with E-state index in [-0.39, 0.29) is 0 Å². The number of rotatable bonds is 6. The number of ether oxygens (including phenoxy) is 2. The number of hydrogen-bond donors (Lipinski definition) is 0. The molecule has 0 aliphatic heterocycles. The van der Waals surface area contributed by atoms with Crippen molar-refractivity contribution in [2.75, 3.05) is 7.11 Å². The second-order valence-corrected chi connectivity index (χ2v) is 8.27. The van der Waals surface area contributed by atoms with Crippen LogP contribution in [0, 0.1) is 11.3 Å². The molecule has 0 radical (unpaired) electrons. The minimum Gasteiger partial charge on any atom is -0.493 e. The van der Waals surface area contributed by atoms with Crippen molar-refractivity contribution in [3.8, 4) is 17.6 Å².